The molecular formula is C22H22Cl2N5OS-. The van der Waals surface area contributed by atoms with Gasteiger partial charge >= 0.3 is 0 Å². The fourth-order valence-electron chi connectivity index (χ4n) is 3.06. The number of para-hydroxylation sites is 1. The number of nitrogens with zero attached hydrogens (tertiary/aromatic N) is 4. The molecule has 0 aliphatic heterocycles. The zero-order valence-corrected chi connectivity index (χ0v) is 19.3. The fourth-order valence-corrected chi connectivity index (χ4v) is 4.07. The average Bonchev–Trinajstić information content (AvgIpc) is 3.43. The molecular weight excluding hydrogens is 453 g/mol. The summed E-state index contributed by atoms with van der Waals surface area (Å²) in [7, 11) is 0. The summed E-state index contributed by atoms with van der Waals surface area (Å²) < 4.78 is 7.74. The highest BCUT2D eigenvalue weighted by atomic mass is 35.5. The molecule has 0 bridgehead atoms. The van der Waals surface area contributed by atoms with Gasteiger partial charge < -0.3 is 22.1 Å². The van der Waals surface area contributed by atoms with Gasteiger partial charge in [-0.1, -0.05) is 53.7 Å². The first-order valence-electron chi connectivity index (χ1n) is 9.74. The number of hydrogen-bond donors (Lipinski definition) is 1. The monoisotopic (exact) mass is 474 g/mol. The van der Waals surface area contributed by atoms with Crippen molar-refractivity contribution in [1.82, 2.24) is 25.5 Å². The van der Waals surface area contributed by atoms with Gasteiger partial charge in [-0.25, -0.2) is 0 Å². The van der Waals surface area contributed by atoms with Crippen LogP contribution in [0.25, 0.3) is 17.0 Å². The normalized spacial score (nSPS) is 10.8. The molecule has 6 nitrogen and oxygen atoms in total. The van der Waals surface area contributed by atoms with E-state index in [0.29, 0.717) is 6.54 Å². The van der Waals surface area contributed by atoms with Crippen LogP contribution in [0, 0.1) is 6.92 Å². The summed E-state index contributed by atoms with van der Waals surface area (Å²) >= 11 is 7.86. The van der Waals surface area contributed by atoms with Crippen molar-refractivity contribution in [3.63, 3.8) is 0 Å². The van der Waals surface area contributed by atoms with Crippen molar-refractivity contribution in [3.8, 4) is 17.0 Å². The molecule has 0 atom stereocenters. The molecule has 9 heteroatoms. The van der Waals surface area contributed by atoms with Crippen molar-refractivity contribution in [1.29, 1.82) is 0 Å². The van der Waals surface area contributed by atoms with Gasteiger partial charge in [-0.05, 0) is 66.2 Å². The predicted molar refractivity (Wildman–Crippen MR) is 120 cm³/mol. The van der Waals surface area contributed by atoms with Crippen molar-refractivity contribution in [3.05, 3.63) is 77.0 Å². The van der Waals surface area contributed by atoms with E-state index in [1.165, 1.54) is 0 Å². The SMILES string of the molecule is Cc1c(Cl)cccc1-c1ccc(CNCCCSc2nnnn2-c2ccccc2)o1.[Cl-]. The lowest BCUT2D eigenvalue weighted by atomic mass is 10.1. The second-order valence-electron chi connectivity index (χ2n) is 6.77. The lowest BCUT2D eigenvalue weighted by Gasteiger charge is -2.05. The first kappa shape index (κ1) is 23.3. The fraction of sp³-hybridized carbons (Fsp3) is 0.227. The maximum absolute atomic E-state index is 6.21. The topological polar surface area (TPSA) is 68.8 Å². The maximum atomic E-state index is 6.21. The summed E-state index contributed by atoms with van der Waals surface area (Å²) in [5.41, 5.74) is 3.02. The molecule has 0 saturated carbocycles. The van der Waals surface area contributed by atoms with Gasteiger partial charge in [-0.3, -0.25) is 0 Å². The number of halogens is 2. The predicted octanol–water partition coefficient (Wildman–Crippen LogP) is 2.16. The van der Waals surface area contributed by atoms with Crippen molar-refractivity contribution in [2.45, 2.75) is 25.0 Å². The van der Waals surface area contributed by atoms with E-state index in [9.17, 15) is 0 Å². The van der Waals surface area contributed by atoms with E-state index in [4.69, 9.17) is 16.0 Å². The summed E-state index contributed by atoms with van der Waals surface area (Å²) in [6.45, 7) is 3.57. The second-order valence-corrected chi connectivity index (χ2v) is 8.24. The number of aromatic nitrogens is 4. The second kappa shape index (κ2) is 11.3. The Kier molecular flexibility index (Phi) is 8.54. The van der Waals surface area contributed by atoms with Crippen LogP contribution < -0.4 is 17.7 Å². The molecule has 0 unspecified atom stereocenters. The molecule has 2 aromatic carbocycles. The van der Waals surface area contributed by atoms with Gasteiger partial charge in [-0.2, -0.15) is 4.68 Å². The van der Waals surface area contributed by atoms with Gasteiger partial charge in [0.15, 0.2) is 0 Å². The molecule has 162 valence electrons. The number of nitrogens with one attached hydrogen (secondary N) is 1. The van der Waals surface area contributed by atoms with Crippen LogP contribution in [0.2, 0.25) is 5.02 Å². The quantitative estimate of drug-likeness (QED) is 0.296. The molecule has 1 N–H and O–H groups in total. The van der Waals surface area contributed by atoms with Gasteiger partial charge in [-0.15, -0.1) is 5.10 Å². The van der Waals surface area contributed by atoms with Crippen molar-refractivity contribution >= 4 is 23.4 Å². The summed E-state index contributed by atoms with van der Waals surface area (Å²) in [6.07, 6.45) is 0.993. The highest BCUT2D eigenvalue weighted by Crippen LogP contribution is 2.29. The van der Waals surface area contributed by atoms with Crippen LogP contribution in [0.3, 0.4) is 0 Å². The van der Waals surface area contributed by atoms with Crippen LogP contribution in [0.1, 0.15) is 17.7 Å². The number of benzene rings is 2. The minimum atomic E-state index is 0. The lowest BCUT2D eigenvalue weighted by molar-refractivity contribution is -0.00000666. The largest absolute Gasteiger partial charge is 1.00 e. The van der Waals surface area contributed by atoms with Crippen molar-refractivity contribution in [2.24, 2.45) is 0 Å². The molecule has 31 heavy (non-hydrogen) atoms. The third-order valence-corrected chi connectivity index (χ3v) is 6.08. The van der Waals surface area contributed by atoms with Gasteiger partial charge in [0.05, 0.1) is 12.2 Å². The molecule has 2 aromatic heterocycles. The Bertz CT molecular complexity index is 1100. The summed E-state index contributed by atoms with van der Waals surface area (Å²) in [5.74, 6) is 2.67. The molecule has 0 saturated heterocycles. The summed E-state index contributed by atoms with van der Waals surface area (Å²) in [5, 5.41) is 17.0. The summed E-state index contributed by atoms with van der Waals surface area (Å²) in [6, 6.07) is 19.8. The summed E-state index contributed by atoms with van der Waals surface area (Å²) in [4.78, 5) is 0. The van der Waals surface area contributed by atoms with Crippen LogP contribution in [-0.2, 0) is 6.54 Å². The van der Waals surface area contributed by atoms with Crippen LogP contribution in [0.5, 0.6) is 0 Å². The van der Waals surface area contributed by atoms with E-state index < -0.39 is 0 Å². The van der Waals surface area contributed by atoms with Crippen molar-refractivity contribution in [2.75, 3.05) is 12.3 Å². The third kappa shape index (κ3) is 5.89. The van der Waals surface area contributed by atoms with E-state index in [-0.39, 0.29) is 12.4 Å². The minimum absolute atomic E-state index is 0. The smallest absolute Gasteiger partial charge is 0.214 e. The molecule has 0 amide bonds. The molecule has 0 aliphatic rings. The van der Waals surface area contributed by atoms with Crippen LogP contribution in [0.15, 0.2) is 70.2 Å². The van der Waals surface area contributed by atoms with E-state index in [2.05, 4.69) is 20.8 Å². The molecule has 0 radical (unpaired) electrons. The molecule has 4 aromatic rings. The number of rotatable bonds is 9. The van der Waals surface area contributed by atoms with Gasteiger partial charge in [0.2, 0.25) is 5.16 Å². The zero-order chi connectivity index (χ0) is 20.8. The van der Waals surface area contributed by atoms with Crippen LogP contribution >= 0.6 is 23.4 Å². The standard InChI is InChI=1S/C22H22ClN5OS.ClH/c1-16-19(9-5-10-20(16)23)21-12-11-18(29-21)15-24-13-6-14-30-22-25-26-27-28(22)17-7-3-2-4-8-17;/h2-5,7-12,24H,6,13-15H2,1H3;1H/p-1. The Hall–Kier alpha value is -2.32. The van der Waals surface area contributed by atoms with E-state index in [0.717, 1.165) is 57.2 Å². The lowest BCUT2D eigenvalue weighted by Crippen LogP contribution is -3.00. The Balaban J connectivity index is 0.00000272. The Morgan fingerprint density at radius 1 is 1.06 bits per heavy atom. The zero-order valence-electron chi connectivity index (χ0n) is 17.0. The van der Waals surface area contributed by atoms with Gasteiger partial charge in [0.25, 0.3) is 0 Å². The first-order chi connectivity index (χ1) is 14.7. The highest BCUT2D eigenvalue weighted by molar-refractivity contribution is 7.99. The number of hydrogen-bond acceptors (Lipinski definition) is 6. The number of furan rings is 1. The average molecular weight is 475 g/mol. The molecule has 2 heterocycles. The third-order valence-electron chi connectivity index (χ3n) is 4.66. The Morgan fingerprint density at radius 3 is 2.74 bits per heavy atom. The van der Waals surface area contributed by atoms with E-state index in [1.807, 2.05) is 67.6 Å². The van der Waals surface area contributed by atoms with E-state index in [1.54, 1.807) is 16.4 Å². The maximum Gasteiger partial charge on any atom is 0.214 e. The van der Waals surface area contributed by atoms with Crippen LogP contribution in [0.4, 0.5) is 0 Å². The first-order valence-corrected chi connectivity index (χ1v) is 11.1. The van der Waals surface area contributed by atoms with Crippen molar-refractivity contribution < 1.29 is 16.8 Å². The number of tetrazole rings is 1. The van der Waals surface area contributed by atoms with E-state index >= 15 is 0 Å². The molecule has 0 fully saturated rings. The van der Waals surface area contributed by atoms with Crippen LogP contribution in [-0.4, -0.2) is 32.5 Å². The molecule has 0 aliphatic carbocycles. The Labute approximate surface area is 196 Å². The molecule has 0 spiro atoms. The highest BCUT2D eigenvalue weighted by Gasteiger charge is 2.10. The minimum Gasteiger partial charge on any atom is -1.00 e. The Morgan fingerprint density at radius 2 is 1.90 bits per heavy atom. The number of thioether (sulfide) groups is 1. The molecule has 4 rings (SSSR count). The van der Waals surface area contributed by atoms with Gasteiger partial charge in [0, 0.05) is 16.3 Å². The van der Waals surface area contributed by atoms with Gasteiger partial charge in [0.1, 0.15) is 11.5 Å².